The number of aryl methyl sites for hydroxylation is 2. The number of hydrogen-bond acceptors (Lipinski definition) is 5. The zero-order chi connectivity index (χ0) is 18.3. The van der Waals surface area contributed by atoms with Crippen molar-refractivity contribution in [3.05, 3.63) is 58.5 Å². The maximum Gasteiger partial charge on any atom is 0.281 e. The van der Waals surface area contributed by atoms with Gasteiger partial charge in [0.1, 0.15) is 12.3 Å². The molecule has 4 rings (SSSR count). The monoisotopic (exact) mass is 369 g/mol. The van der Waals surface area contributed by atoms with Crippen LogP contribution in [0.15, 0.2) is 36.5 Å². The molecule has 26 heavy (non-hydrogen) atoms. The number of pyridine rings is 1. The van der Waals surface area contributed by atoms with Crippen LogP contribution in [0.4, 0.5) is 5.69 Å². The topological polar surface area (TPSA) is 73.1 Å². The zero-order valence-corrected chi connectivity index (χ0v) is 15.1. The number of rotatable bonds is 2. The summed E-state index contributed by atoms with van der Waals surface area (Å²) in [5, 5.41) is 9.33. The van der Waals surface area contributed by atoms with E-state index in [0.717, 1.165) is 5.56 Å². The lowest BCUT2D eigenvalue weighted by atomic mass is 10.2. The Hall–Kier alpha value is -2.93. The number of carbonyl (C=O) groups is 1. The Balaban J connectivity index is 1.71. The number of benzene rings is 1. The van der Waals surface area contributed by atoms with E-state index in [9.17, 15) is 4.79 Å². The van der Waals surface area contributed by atoms with E-state index in [1.54, 1.807) is 30.2 Å². The summed E-state index contributed by atoms with van der Waals surface area (Å²) in [4.78, 5) is 20.4. The maximum absolute atomic E-state index is 13.1. The normalized spacial score (nSPS) is 13.3. The highest BCUT2D eigenvalue weighted by Crippen LogP contribution is 2.31. The first kappa shape index (κ1) is 16.5. The fraction of sp³-hybridized carbons (Fsp3) is 0.222. The van der Waals surface area contributed by atoms with Crippen LogP contribution in [0.5, 0.6) is 5.88 Å². The Morgan fingerprint density at radius 3 is 2.88 bits per heavy atom. The molecule has 0 atom stereocenters. The van der Waals surface area contributed by atoms with Gasteiger partial charge in [-0.2, -0.15) is 9.90 Å². The van der Waals surface area contributed by atoms with Gasteiger partial charge in [0.15, 0.2) is 5.69 Å². The molecule has 0 N–H and O–H groups in total. The van der Waals surface area contributed by atoms with Crippen molar-refractivity contribution in [2.45, 2.75) is 13.8 Å². The lowest BCUT2D eigenvalue weighted by Gasteiger charge is -2.28. The number of anilines is 1. The average Bonchev–Trinajstić information content (AvgIpc) is 3.02. The summed E-state index contributed by atoms with van der Waals surface area (Å²) in [6, 6.07) is 9.04. The first-order valence-electron chi connectivity index (χ1n) is 8.14. The smallest absolute Gasteiger partial charge is 0.281 e. The molecule has 3 aromatic rings. The third-order valence-corrected chi connectivity index (χ3v) is 4.32. The molecule has 0 saturated heterocycles. The molecule has 7 nitrogen and oxygen atoms in total. The Labute approximate surface area is 155 Å². The number of nitrogens with zero attached hydrogens (tertiary/aromatic N) is 5. The van der Waals surface area contributed by atoms with Crippen molar-refractivity contribution in [3.8, 4) is 11.6 Å². The number of amides is 1. The van der Waals surface area contributed by atoms with Gasteiger partial charge in [-0.1, -0.05) is 17.7 Å². The molecular formula is C18H16ClN5O2. The number of halogens is 1. The van der Waals surface area contributed by atoms with Crippen LogP contribution in [-0.4, -0.2) is 39.0 Å². The molecule has 8 heteroatoms. The number of fused-ring (bicyclic) bond motifs is 1. The highest BCUT2D eigenvalue weighted by Gasteiger charge is 2.29. The molecule has 0 saturated carbocycles. The van der Waals surface area contributed by atoms with Gasteiger partial charge >= 0.3 is 0 Å². The average molecular weight is 370 g/mol. The standard InChI is InChI=1S/C18H16ClN5O2/c1-11-8-15-17(20-10-11)26-7-6-23(15)18(25)16-12(2)21-24(22-16)14-5-3-4-13(19)9-14/h3-5,8-10H,6-7H2,1-2H3. The molecule has 132 valence electrons. The van der Waals surface area contributed by atoms with Gasteiger partial charge in [-0.05, 0) is 43.7 Å². The summed E-state index contributed by atoms with van der Waals surface area (Å²) < 4.78 is 5.55. The minimum atomic E-state index is -0.229. The van der Waals surface area contributed by atoms with E-state index >= 15 is 0 Å². The lowest BCUT2D eigenvalue weighted by molar-refractivity contribution is 0.0970. The van der Waals surface area contributed by atoms with E-state index in [4.69, 9.17) is 16.3 Å². The molecule has 0 bridgehead atoms. The van der Waals surface area contributed by atoms with Crippen molar-refractivity contribution in [2.24, 2.45) is 0 Å². The Morgan fingerprint density at radius 2 is 2.08 bits per heavy atom. The van der Waals surface area contributed by atoms with Crippen LogP contribution >= 0.6 is 11.6 Å². The van der Waals surface area contributed by atoms with E-state index in [0.29, 0.717) is 46.8 Å². The molecule has 1 aliphatic heterocycles. The van der Waals surface area contributed by atoms with Crippen LogP contribution in [0.25, 0.3) is 5.69 Å². The zero-order valence-electron chi connectivity index (χ0n) is 14.3. The molecule has 2 aromatic heterocycles. The van der Waals surface area contributed by atoms with Gasteiger partial charge in [0.25, 0.3) is 5.91 Å². The number of ether oxygens (including phenoxy) is 1. The summed E-state index contributed by atoms with van der Waals surface area (Å²) in [7, 11) is 0. The van der Waals surface area contributed by atoms with Crippen LogP contribution in [0.3, 0.4) is 0 Å². The summed E-state index contributed by atoms with van der Waals surface area (Å²) in [6.45, 7) is 4.50. The van der Waals surface area contributed by atoms with Crippen molar-refractivity contribution in [2.75, 3.05) is 18.1 Å². The fourth-order valence-electron chi connectivity index (χ4n) is 2.83. The van der Waals surface area contributed by atoms with Gasteiger partial charge in [-0.15, -0.1) is 5.10 Å². The molecule has 1 amide bonds. The number of hydrogen-bond donors (Lipinski definition) is 0. The Bertz CT molecular complexity index is 1000. The Morgan fingerprint density at radius 1 is 1.23 bits per heavy atom. The summed E-state index contributed by atoms with van der Waals surface area (Å²) in [5.41, 5.74) is 3.13. The van der Waals surface area contributed by atoms with Crippen LogP contribution < -0.4 is 9.64 Å². The van der Waals surface area contributed by atoms with E-state index in [-0.39, 0.29) is 5.91 Å². The molecule has 1 aliphatic rings. The largest absolute Gasteiger partial charge is 0.474 e. The molecule has 1 aromatic carbocycles. The minimum Gasteiger partial charge on any atom is -0.474 e. The molecule has 0 spiro atoms. The van der Waals surface area contributed by atoms with Crippen LogP contribution in [-0.2, 0) is 0 Å². The van der Waals surface area contributed by atoms with Crippen LogP contribution in [0.1, 0.15) is 21.7 Å². The summed E-state index contributed by atoms with van der Waals surface area (Å²) in [5.74, 6) is 0.225. The fourth-order valence-corrected chi connectivity index (χ4v) is 3.02. The molecule has 0 unspecified atom stereocenters. The van der Waals surface area contributed by atoms with Gasteiger partial charge in [0.05, 0.1) is 17.9 Å². The van der Waals surface area contributed by atoms with Crippen molar-refractivity contribution in [1.82, 2.24) is 20.0 Å². The molecular weight excluding hydrogens is 354 g/mol. The van der Waals surface area contributed by atoms with Gasteiger partial charge < -0.3 is 4.74 Å². The molecule has 3 heterocycles. The lowest BCUT2D eigenvalue weighted by Crippen LogP contribution is -2.38. The van der Waals surface area contributed by atoms with Gasteiger partial charge in [0.2, 0.25) is 5.88 Å². The number of aromatic nitrogens is 4. The number of carbonyl (C=O) groups excluding carboxylic acids is 1. The maximum atomic E-state index is 13.1. The first-order valence-corrected chi connectivity index (χ1v) is 8.52. The second-order valence-corrected chi connectivity index (χ2v) is 6.48. The Kier molecular flexibility index (Phi) is 4.08. The second kappa shape index (κ2) is 6.42. The summed E-state index contributed by atoms with van der Waals surface area (Å²) in [6.07, 6.45) is 1.72. The van der Waals surface area contributed by atoms with E-state index in [1.165, 1.54) is 4.80 Å². The van der Waals surface area contributed by atoms with E-state index < -0.39 is 0 Å². The second-order valence-electron chi connectivity index (χ2n) is 6.05. The van der Waals surface area contributed by atoms with Crippen LogP contribution in [0.2, 0.25) is 5.02 Å². The van der Waals surface area contributed by atoms with Crippen molar-refractivity contribution >= 4 is 23.2 Å². The van der Waals surface area contributed by atoms with Crippen LogP contribution in [0, 0.1) is 13.8 Å². The van der Waals surface area contributed by atoms with Crippen molar-refractivity contribution < 1.29 is 9.53 Å². The van der Waals surface area contributed by atoms with Gasteiger partial charge in [-0.25, -0.2) is 4.98 Å². The summed E-state index contributed by atoms with van der Waals surface area (Å²) >= 11 is 6.03. The predicted molar refractivity (Wildman–Crippen MR) is 97.3 cm³/mol. The highest BCUT2D eigenvalue weighted by atomic mass is 35.5. The minimum absolute atomic E-state index is 0.229. The molecule has 0 radical (unpaired) electrons. The first-order chi connectivity index (χ1) is 12.5. The van der Waals surface area contributed by atoms with E-state index in [1.807, 2.05) is 25.1 Å². The quantitative estimate of drug-likeness (QED) is 0.694. The van der Waals surface area contributed by atoms with Gasteiger partial charge in [-0.3, -0.25) is 9.69 Å². The highest BCUT2D eigenvalue weighted by molar-refractivity contribution is 6.30. The van der Waals surface area contributed by atoms with E-state index in [2.05, 4.69) is 15.2 Å². The molecule has 0 aliphatic carbocycles. The van der Waals surface area contributed by atoms with Gasteiger partial charge in [0, 0.05) is 11.2 Å². The molecule has 0 fully saturated rings. The van der Waals surface area contributed by atoms with Crippen molar-refractivity contribution in [1.29, 1.82) is 0 Å². The van der Waals surface area contributed by atoms with Crippen molar-refractivity contribution in [3.63, 3.8) is 0 Å². The third kappa shape index (κ3) is 2.90. The predicted octanol–water partition coefficient (Wildman–Crippen LogP) is 2.97. The SMILES string of the molecule is Cc1cnc2c(c1)N(C(=O)c1nn(-c3cccc(Cl)c3)nc1C)CCO2. The third-order valence-electron chi connectivity index (χ3n) is 4.08.